The molecule has 0 aliphatic carbocycles. The Bertz CT molecular complexity index is 1100. The van der Waals surface area contributed by atoms with E-state index in [4.69, 9.17) is 13.9 Å². The van der Waals surface area contributed by atoms with E-state index in [9.17, 15) is 4.79 Å². The van der Waals surface area contributed by atoms with Crippen molar-refractivity contribution in [3.63, 3.8) is 0 Å². The van der Waals surface area contributed by atoms with Crippen molar-refractivity contribution in [2.45, 2.75) is 27.2 Å². The van der Waals surface area contributed by atoms with Gasteiger partial charge in [0.25, 0.3) is 0 Å². The van der Waals surface area contributed by atoms with Crippen LogP contribution in [0.15, 0.2) is 53.2 Å². The molecule has 176 valence electrons. The molecule has 1 heterocycles. The van der Waals surface area contributed by atoms with Gasteiger partial charge in [-0.15, -0.1) is 0 Å². The third-order valence-electron chi connectivity index (χ3n) is 5.31. The molecule has 0 saturated carbocycles. The lowest BCUT2D eigenvalue weighted by Crippen LogP contribution is -2.25. The summed E-state index contributed by atoms with van der Waals surface area (Å²) >= 11 is 0. The Morgan fingerprint density at radius 3 is 2.48 bits per heavy atom. The molecule has 0 aliphatic rings. The molecule has 33 heavy (non-hydrogen) atoms. The summed E-state index contributed by atoms with van der Waals surface area (Å²) in [5.74, 6) is 1.43. The number of fused-ring (bicyclic) bond motifs is 1. The average Bonchev–Trinajstić information content (AvgIpc) is 3.20. The van der Waals surface area contributed by atoms with Gasteiger partial charge in [-0.1, -0.05) is 12.1 Å². The Balaban J connectivity index is 1.90. The number of furan rings is 1. The predicted molar refractivity (Wildman–Crippen MR) is 134 cm³/mol. The SMILES string of the molecule is CCOc1ccc(-c2coc3cc(OCC)c(/C(C)=C/C(=O)NCCCN(C)C)cc23)cc1. The Morgan fingerprint density at radius 2 is 1.82 bits per heavy atom. The van der Waals surface area contributed by atoms with E-state index in [1.165, 1.54) is 0 Å². The van der Waals surface area contributed by atoms with E-state index in [0.717, 1.165) is 51.9 Å². The molecule has 2 aromatic carbocycles. The smallest absolute Gasteiger partial charge is 0.244 e. The first-order valence-corrected chi connectivity index (χ1v) is 11.5. The molecule has 3 aromatic rings. The maximum Gasteiger partial charge on any atom is 0.244 e. The summed E-state index contributed by atoms with van der Waals surface area (Å²) in [4.78, 5) is 14.6. The van der Waals surface area contributed by atoms with Gasteiger partial charge in [0, 0.05) is 35.2 Å². The maximum absolute atomic E-state index is 12.5. The summed E-state index contributed by atoms with van der Waals surface area (Å²) < 4.78 is 17.3. The highest BCUT2D eigenvalue weighted by molar-refractivity contribution is 6.00. The van der Waals surface area contributed by atoms with Crippen LogP contribution < -0.4 is 14.8 Å². The zero-order valence-electron chi connectivity index (χ0n) is 20.2. The highest BCUT2D eigenvalue weighted by atomic mass is 16.5. The number of hydrogen-bond acceptors (Lipinski definition) is 5. The first-order chi connectivity index (χ1) is 15.9. The average molecular weight is 451 g/mol. The first-order valence-electron chi connectivity index (χ1n) is 11.5. The number of carbonyl (C=O) groups excluding carboxylic acids is 1. The lowest BCUT2D eigenvalue weighted by Gasteiger charge is -2.12. The molecule has 0 aliphatic heterocycles. The third-order valence-corrected chi connectivity index (χ3v) is 5.31. The zero-order valence-corrected chi connectivity index (χ0v) is 20.2. The zero-order chi connectivity index (χ0) is 23.8. The van der Waals surface area contributed by atoms with Crippen LogP contribution in [0.2, 0.25) is 0 Å². The van der Waals surface area contributed by atoms with Crippen LogP contribution in [0.4, 0.5) is 0 Å². The van der Waals surface area contributed by atoms with Gasteiger partial charge >= 0.3 is 0 Å². The van der Waals surface area contributed by atoms with E-state index in [-0.39, 0.29) is 5.91 Å². The number of nitrogens with one attached hydrogen (secondary N) is 1. The molecule has 0 unspecified atom stereocenters. The van der Waals surface area contributed by atoms with Gasteiger partial charge in [-0.25, -0.2) is 0 Å². The fraction of sp³-hybridized carbons (Fsp3) is 0.370. The molecule has 6 nitrogen and oxygen atoms in total. The van der Waals surface area contributed by atoms with Crippen LogP contribution >= 0.6 is 0 Å². The van der Waals surface area contributed by atoms with Crippen molar-refractivity contribution in [2.24, 2.45) is 0 Å². The van der Waals surface area contributed by atoms with E-state index in [1.807, 2.05) is 71.3 Å². The Labute approximate surface area is 196 Å². The lowest BCUT2D eigenvalue weighted by molar-refractivity contribution is -0.116. The van der Waals surface area contributed by atoms with E-state index in [0.29, 0.717) is 25.5 Å². The first kappa shape index (κ1) is 24.4. The normalized spacial score (nSPS) is 11.8. The molecule has 1 N–H and O–H groups in total. The van der Waals surface area contributed by atoms with Gasteiger partial charge in [0.1, 0.15) is 17.1 Å². The number of ether oxygens (including phenoxy) is 2. The number of nitrogens with zero attached hydrogens (tertiary/aromatic N) is 1. The van der Waals surface area contributed by atoms with Gasteiger partial charge in [0.05, 0.1) is 19.5 Å². The number of hydrogen-bond donors (Lipinski definition) is 1. The molecule has 0 saturated heterocycles. The van der Waals surface area contributed by atoms with Crippen molar-refractivity contribution in [1.29, 1.82) is 0 Å². The van der Waals surface area contributed by atoms with Gasteiger partial charge < -0.3 is 24.1 Å². The van der Waals surface area contributed by atoms with Crippen molar-refractivity contribution < 1.29 is 18.7 Å². The van der Waals surface area contributed by atoms with Crippen LogP contribution in [0.3, 0.4) is 0 Å². The second-order valence-corrected chi connectivity index (χ2v) is 8.16. The van der Waals surface area contributed by atoms with E-state index < -0.39 is 0 Å². The van der Waals surface area contributed by atoms with E-state index in [2.05, 4.69) is 10.2 Å². The number of benzene rings is 2. The van der Waals surface area contributed by atoms with Crippen LogP contribution in [-0.2, 0) is 4.79 Å². The van der Waals surface area contributed by atoms with Crippen molar-refractivity contribution in [3.05, 3.63) is 54.3 Å². The highest BCUT2D eigenvalue weighted by Gasteiger charge is 2.15. The minimum absolute atomic E-state index is 0.104. The summed E-state index contributed by atoms with van der Waals surface area (Å²) in [6.45, 7) is 8.57. The molecule has 0 spiro atoms. The number of rotatable bonds is 11. The fourth-order valence-corrected chi connectivity index (χ4v) is 3.69. The summed E-state index contributed by atoms with van der Waals surface area (Å²) in [5.41, 5.74) is 4.48. The lowest BCUT2D eigenvalue weighted by atomic mass is 9.99. The second kappa shape index (κ2) is 11.6. The van der Waals surface area contributed by atoms with Gasteiger partial charge in [-0.05, 0) is 77.2 Å². The van der Waals surface area contributed by atoms with Crippen molar-refractivity contribution in [3.8, 4) is 22.6 Å². The van der Waals surface area contributed by atoms with Crippen LogP contribution in [0.5, 0.6) is 11.5 Å². The predicted octanol–water partition coefficient (Wildman–Crippen LogP) is 5.37. The molecule has 0 atom stereocenters. The number of allylic oxidation sites excluding steroid dienone is 1. The van der Waals surface area contributed by atoms with Crippen LogP contribution in [0.25, 0.3) is 27.7 Å². The molecule has 1 aromatic heterocycles. The van der Waals surface area contributed by atoms with Gasteiger partial charge in [0.15, 0.2) is 0 Å². The Hall–Kier alpha value is -3.25. The van der Waals surface area contributed by atoms with Gasteiger partial charge in [0.2, 0.25) is 5.91 Å². The Morgan fingerprint density at radius 1 is 1.09 bits per heavy atom. The topological polar surface area (TPSA) is 63.9 Å². The van der Waals surface area contributed by atoms with E-state index in [1.54, 1.807) is 12.3 Å². The number of amides is 1. The fourth-order valence-electron chi connectivity index (χ4n) is 3.69. The van der Waals surface area contributed by atoms with Crippen LogP contribution in [-0.4, -0.2) is 51.2 Å². The molecule has 0 fully saturated rings. The van der Waals surface area contributed by atoms with Crippen LogP contribution in [0.1, 0.15) is 32.8 Å². The van der Waals surface area contributed by atoms with Gasteiger partial charge in [-0.3, -0.25) is 4.79 Å². The molecular formula is C27H34N2O4. The minimum atomic E-state index is -0.104. The summed E-state index contributed by atoms with van der Waals surface area (Å²) in [6.07, 6.45) is 4.30. The van der Waals surface area contributed by atoms with Crippen molar-refractivity contribution in [1.82, 2.24) is 10.2 Å². The number of carbonyl (C=O) groups is 1. The quantitative estimate of drug-likeness (QED) is 0.314. The summed E-state index contributed by atoms with van der Waals surface area (Å²) in [7, 11) is 4.05. The molecule has 6 heteroatoms. The Kier molecular flexibility index (Phi) is 8.55. The summed E-state index contributed by atoms with van der Waals surface area (Å²) in [5, 5.41) is 3.93. The molecule has 1 amide bonds. The molecule has 3 rings (SSSR count). The maximum atomic E-state index is 12.5. The molecule has 0 radical (unpaired) electrons. The highest BCUT2D eigenvalue weighted by Crippen LogP contribution is 2.37. The van der Waals surface area contributed by atoms with Crippen molar-refractivity contribution >= 4 is 22.4 Å². The van der Waals surface area contributed by atoms with E-state index >= 15 is 0 Å². The largest absolute Gasteiger partial charge is 0.494 e. The van der Waals surface area contributed by atoms with Gasteiger partial charge in [-0.2, -0.15) is 0 Å². The van der Waals surface area contributed by atoms with Crippen LogP contribution in [0, 0.1) is 0 Å². The second-order valence-electron chi connectivity index (χ2n) is 8.16. The monoisotopic (exact) mass is 450 g/mol. The molecular weight excluding hydrogens is 416 g/mol. The minimum Gasteiger partial charge on any atom is -0.494 e. The molecule has 0 bridgehead atoms. The van der Waals surface area contributed by atoms with Crippen molar-refractivity contribution in [2.75, 3.05) is 40.4 Å². The standard InChI is InChI=1S/C27H34N2O4/c1-6-31-21-11-9-20(10-12-21)24-18-33-26-17-25(32-7-2)22(16-23(24)26)19(3)15-27(30)28-13-8-14-29(4)5/h9-12,15-18H,6-8,13-14H2,1-5H3,(H,28,30)/b19-15+. The third kappa shape index (κ3) is 6.39. The summed E-state index contributed by atoms with van der Waals surface area (Å²) in [6, 6.07) is 11.9.